The van der Waals surface area contributed by atoms with E-state index in [2.05, 4.69) is 4.84 Å². The zero-order valence-electron chi connectivity index (χ0n) is 10.7. The van der Waals surface area contributed by atoms with Gasteiger partial charge in [0.2, 0.25) is 0 Å². The van der Waals surface area contributed by atoms with Crippen LogP contribution in [0, 0.1) is 21.4 Å². The number of benzene rings is 1. The monoisotopic (exact) mass is 266 g/mol. The van der Waals surface area contributed by atoms with Gasteiger partial charge in [-0.25, -0.2) is 0 Å². The van der Waals surface area contributed by atoms with Gasteiger partial charge in [0, 0.05) is 0 Å². The lowest BCUT2D eigenvalue weighted by molar-refractivity contribution is -0.767. The lowest BCUT2D eigenvalue weighted by Gasteiger charge is -2.14. The molecule has 1 atom stereocenters. The molecule has 102 valence electrons. The molecule has 0 radical (unpaired) electrons. The summed E-state index contributed by atoms with van der Waals surface area (Å²) in [6.45, 7) is 1.53. The second kappa shape index (κ2) is 7.06. The molecule has 0 aliphatic carbocycles. The van der Waals surface area contributed by atoms with Crippen molar-refractivity contribution in [3.8, 4) is 17.6 Å². The number of nitriles is 1. The Balaban J connectivity index is 2.72. The van der Waals surface area contributed by atoms with Crippen LogP contribution >= 0.6 is 0 Å². The summed E-state index contributed by atoms with van der Waals surface area (Å²) in [6.07, 6.45) is -0.444. The van der Waals surface area contributed by atoms with Crippen LogP contribution in [-0.4, -0.2) is 24.9 Å². The maximum absolute atomic E-state index is 10.2. The van der Waals surface area contributed by atoms with Crippen LogP contribution in [0.1, 0.15) is 12.5 Å². The van der Waals surface area contributed by atoms with E-state index in [0.29, 0.717) is 11.5 Å². The fraction of sp³-hybridized carbons (Fsp3) is 0.417. The van der Waals surface area contributed by atoms with Gasteiger partial charge in [0.25, 0.3) is 5.09 Å². The van der Waals surface area contributed by atoms with E-state index in [1.165, 1.54) is 14.0 Å². The highest BCUT2D eigenvalue weighted by atomic mass is 17.0. The molecule has 0 bridgehead atoms. The van der Waals surface area contributed by atoms with Crippen LogP contribution in [0.15, 0.2) is 18.2 Å². The molecular weight excluding hydrogens is 252 g/mol. The van der Waals surface area contributed by atoms with Gasteiger partial charge in [-0.05, 0) is 24.6 Å². The van der Waals surface area contributed by atoms with E-state index in [1.807, 2.05) is 6.07 Å². The molecule has 1 rings (SSSR count). The minimum Gasteiger partial charge on any atom is -0.493 e. The summed E-state index contributed by atoms with van der Waals surface area (Å²) >= 11 is 0. The van der Waals surface area contributed by atoms with E-state index in [1.54, 1.807) is 18.2 Å². The molecule has 1 aromatic carbocycles. The van der Waals surface area contributed by atoms with E-state index in [4.69, 9.17) is 14.7 Å². The van der Waals surface area contributed by atoms with Crippen molar-refractivity contribution in [2.75, 3.05) is 13.7 Å². The average Bonchev–Trinajstić information content (AvgIpc) is 2.36. The fourth-order valence-corrected chi connectivity index (χ4v) is 1.42. The van der Waals surface area contributed by atoms with Gasteiger partial charge in [0.1, 0.15) is 12.7 Å². The van der Waals surface area contributed by atoms with Gasteiger partial charge in [-0.1, -0.05) is 6.07 Å². The second-order valence-electron chi connectivity index (χ2n) is 3.77. The van der Waals surface area contributed by atoms with E-state index in [0.717, 1.165) is 5.56 Å². The third-order valence-corrected chi connectivity index (χ3v) is 2.25. The van der Waals surface area contributed by atoms with Crippen molar-refractivity contribution < 1.29 is 19.4 Å². The standard InChI is InChI=1S/C12H14N2O5/c1-9(19-14(15)16)8-18-12-7-10(5-6-13)3-4-11(12)17-2/h3-4,7,9H,5,8H2,1-2H3. The molecule has 7 nitrogen and oxygen atoms in total. The predicted octanol–water partition coefficient (Wildman–Crippen LogP) is 1.74. The summed E-state index contributed by atoms with van der Waals surface area (Å²) < 4.78 is 10.5. The first kappa shape index (κ1) is 14.6. The van der Waals surface area contributed by atoms with Crippen LogP contribution in [0.2, 0.25) is 0 Å². The zero-order valence-corrected chi connectivity index (χ0v) is 10.7. The Labute approximate surface area is 110 Å². The maximum Gasteiger partial charge on any atom is 0.294 e. The zero-order chi connectivity index (χ0) is 14.3. The molecule has 0 heterocycles. The summed E-state index contributed by atoms with van der Waals surface area (Å²) in [5, 5.41) is 17.9. The summed E-state index contributed by atoms with van der Waals surface area (Å²) in [5.74, 6) is 0.920. The smallest absolute Gasteiger partial charge is 0.294 e. The SMILES string of the molecule is COc1ccc(CC#N)cc1OCC(C)O[N+](=O)[O-]. The van der Waals surface area contributed by atoms with Gasteiger partial charge >= 0.3 is 0 Å². The molecule has 0 N–H and O–H groups in total. The molecule has 0 saturated carbocycles. The summed E-state index contributed by atoms with van der Waals surface area (Å²) in [6, 6.07) is 7.13. The van der Waals surface area contributed by atoms with Gasteiger partial charge in [-0.15, -0.1) is 10.1 Å². The first-order valence-electron chi connectivity index (χ1n) is 5.54. The molecule has 1 aromatic rings. The Morgan fingerprint density at radius 2 is 2.21 bits per heavy atom. The van der Waals surface area contributed by atoms with Crippen molar-refractivity contribution in [3.63, 3.8) is 0 Å². The van der Waals surface area contributed by atoms with Crippen molar-refractivity contribution >= 4 is 0 Å². The number of hydrogen-bond donors (Lipinski definition) is 0. The first-order chi connectivity index (χ1) is 9.06. The Morgan fingerprint density at radius 1 is 1.47 bits per heavy atom. The Bertz CT molecular complexity index is 483. The van der Waals surface area contributed by atoms with Crippen molar-refractivity contribution in [2.45, 2.75) is 19.4 Å². The molecule has 0 saturated heterocycles. The van der Waals surface area contributed by atoms with Crippen LogP contribution < -0.4 is 9.47 Å². The van der Waals surface area contributed by atoms with Gasteiger partial charge < -0.3 is 14.3 Å². The topological polar surface area (TPSA) is 94.6 Å². The van der Waals surface area contributed by atoms with Gasteiger partial charge in [0.15, 0.2) is 11.5 Å². The molecule has 0 amide bonds. The van der Waals surface area contributed by atoms with E-state index in [9.17, 15) is 10.1 Å². The summed E-state index contributed by atoms with van der Waals surface area (Å²) in [4.78, 5) is 14.5. The molecule has 0 aliphatic heterocycles. The normalized spacial score (nSPS) is 11.2. The molecule has 0 fully saturated rings. The van der Waals surface area contributed by atoms with E-state index in [-0.39, 0.29) is 13.0 Å². The Morgan fingerprint density at radius 3 is 2.79 bits per heavy atom. The minimum absolute atomic E-state index is 0.00729. The van der Waals surface area contributed by atoms with Crippen molar-refractivity contribution in [1.82, 2.24) is 0 Å². The highest BCUT2D eigenvalue weighted by Crippen LogP contribution is 2.28. The third kappa shape index (κ3) is 4.71. The van der Waals surface area contributed by atoms with Crippen LogP contribution in [0.25, 0.3) is 0 Å². The largest absolute Gasteiger partial charge is 0.493 e. The molecule has 0 aromatic heterocycles. The van der Waals surface area contributed by atoms with Gasteiger partial charge in [-0.3, -0.25) is 0 Å². The van der Waals surface area contributed by atoms with E-state index >= 15 is 0 Å². The number of methoxy groups -OCH3 is 1. The first-order valence-corrected chi connectivity index (χ1v) is 5.54. The van der Waals surface area contributed by atoms with Crippen LogP contribution in [-0.2, 0) is 11.3 Å². The number of rotatable bonds is 7. The molecular formula is C12H14N2O5. The molecule has 19 heavy (non-hydrogen) atoms. The number of nitrogens with zero attached hydrogens (tertiary/aromatic N) is 2. The number of ether oxygens (including phenoxy) is 2. The number of hydrogen-bond acceptors (Lipinski definition) is 6. The van der Waals surface area contributed by atoms with Crippen molar-refractivity contribution in [2.24, 2.45) is 0 Å². The molecule has 7 heteroatoms. The lowest BCUT2D eigenvalue weighted by atomic mass is 10.1. The quantitative estimate of drug-likeness (QED) is 0.551. The summed E-state index contributed by atoms with van der Waals surface area (Å²) in [5.41, 5.74) is 0.779. The van der Waals surface area contributed by atoms with Crippen LogP contribution in [0.5, 0.6) is 11.5 Å². The predicted molar refractivity (Wildman–Crippen MR) is 65.3 cm³/mol. The second-order valence-corrected chi connectivity index (χ2v) is 3.77. The van der Waals surface area contributed by atoms with Gasteiger partial charge in [0.05, 0.1) is 19.6 Å². The minimum atomic E-state index is -0.864. The summed E-state index contributed by atoms with van der Waals surface area (Å²) in [7, 11) is 1.49. The van der Waals surface area contributed by atoms with E-state index < -0.39 is 11.2 Å². The van der Waals surface area contributed by atoms with Crippen molar-refractivity contribution in [3.05, 3.63) is 33.9 Å². The maximum atomic E-state index is 10.2. The average molecular weight is 266 g/mol. The molecule has 1 unspecified atom stereocenters. The van der Waals surface area contributed by atoms with Gasteiger partial charge in [-0.2, -0.15) is 5.26 Å². The van der Waals surface area contributed by atoms with Crippen molar-refractivity contribution in [1.29, 1.82) is 5.26 Å². The highest BCUT2D eigenvalue weighted by molar-refractivity contribution is 5.43. The molecule has 0 spiro atoms. The fourth-order valence-electron chi connectivity index (χ4n) is 1.42. The van der Waals surface area contributed by atoms with Crippen LogP contribution in [0.3, 0.4) is 0 Å². The van der Waals surface area contributed by atoms with Crippen LogP contribution in [0.4, 0.5) is 0 Å². The lowest BCUT2D eigenvalue weighted by Crippen LogP contribution is -2.21. The third-order valence-electron chi connectivity index (χ3n) is 2.25. The molecule has 0 aliphatic rings. The highest BCUT2D eigenvalue weighted by Gasteiger charge is 2.11. The Hall–Kier alpha value is -2.49. The Kier molecular flexibility index (Phi) is 5.41.